The van der Waals surface area contributed by atoms with Crippen LogP contribution in [0.25, 0.3) is 6.08 Å². The molecule has 0 amide bonds. The van der Waals surface area contributed by atoms with Crippen molar-refractivity contribution in [3.05, 3.63) is 35.9 Å². The monoisotopic (exact) mass is 249 g/mol. The lowest BCUT2D eigenvalue weighted by atomic mass is 10.2. The molecular weight excluding hydrogens is 234 g/mol. The number of allylic oxidation sites excluding steroid dienone is 1. The van der Waals surface area contributed by atoms with E-state index in [1.165, 1.54) is 0 Å². The Hall–Kier alpha value is -1.88. The second-order valence-corrected chi connectivity index (χ2v) is 3.78. The van der Waals surface area contributed by atoms with Gasteiger partial charge in [0.25, 0.3) is 0 Å². The first kappa shape index (κ1) is 13.2. The number of hydrogen-bond acceptors (Lipinski definition) is 3. The summed E-state index contributed by atoms with van der Waals surface area (Å²) in [7, 11) is 1.64. The first-order valence-corrected chi connectivity index (χ1v) is 5.44. The van der Waals surface area contributed by atoms with Gasteiger partial charge in [-0.2, -0.15) is 5.10 Å². The molecule has 17 heavy (non-hydrogen) atoms. The number of rotatable bonds is 4. The smallest absolute Gasteiger partial charge is 0.184 e. The van der Waals surface area contributed by atoms with Crippen LogP contribution in [0.15, 0.2) is 35.4 Å². The largest absolute Gasteiger partial charge is 0.497 e. The summed E-state index contributed by atoms with van der Waals surface area (Å²) in [6.45, 7) is 1.85. The van der Waals surface area contributed by atoms with Crippen LogP contribution in [0.1, 0.15) is 12.5 Å². The number of nitrogens with zero attached hydrogens (tertiary/aromatic N) is 1. The van der Waals surface area contributed by atoms with Crippen LogP contribution in [0.4, 0.5) is 0 Å². The van der Waals surface area contributed by atoms with Crippen molar-refractivity contribution in [2.24, 2.45) is 10.8 Å². The maximum absolute atomic E-state index is 5.26. The molecule has 0 aliphatic heterocycles. The molecular formula is C12H15N3OS. The number of ether oxygens (including phenoxy) is 1. The molecule has 1 rings (SSSR count). The van der Waals surface area contributed by atoms with E-state index in [1.54, 1.807) is 7.11 Å². The quantitative estimate of drug-likeness (QED) is 0.486. The lowest BCUT2D eigenvalue weighted by Crippen LogP contribution is -2.24. The zero-order valence-electron chi connectivity index (χ0n) is 9.81. The number of methoxy groups -OCH3 is 1. The van der Waals surface area contributed by atoms with E-state index in [2.05, 4.69) is 22.7 Å². The van der Waals surface area contributed by atoms with Gasteiger partial charge in [-0.25, -0.2) is 0 Å². The van der Waals surface area contributed by atoms with Gasteiger partial charge >= 0.3 is 0 Å². The van der Waals surface area contributed by atoms with Crippen LogP contribution in [-0.4, -0.2) is 17.9 Å². The minimum absolute atomic E-state index is 0.155. The van der Waals surface area contributed by atoms with Crippen molar-refractivity contribution in [3.63, 3.8) is 0 Å². The minimum atomic E-state index is 0.155. The highest BCUT2D eigenvalue weighted by Gasteiger charge is 1.90. The van der Waals surface area contributed by atoms with E-state index in [4.69, 9.17) is 10.5 Å². The predicted octanol–water partition coefficient (Wildman–Crippen LogP) is 1.92. The molecule has 0 aromatic heterocycles. The second kappa shape index (κ2) is 6.65. The first-order valence-electron chi connectivity index (χ1n) is 5.03. The molecule has 1 aromatic carbocycles. The van der Waals surface area contributed by atoms with Crippen molar-refractivity contribution >= 4 is 29.1 Å². The van der Waals surface area contributed by atoms with Gasteiger partial charge in [-0.05, 0) is 42.9 Å². The summed E-state index contributed by atoms with van der Waals surface area (Å²) in [5.41, 5.74) is 9.63. The van der Waals surface area contributed by atoms with Crippen LogP contribution in [0.5, 0.6) is 5.75 Å². The van der Waals surface area contributed by atoms with Gasteiger partial charge in [-0.3, -0.25) is 5.43 Å². The number of hydrogen-bond donors (Lipinski definition) is 2. The highest BCUT2D eigenvalue weighted by molar-refractivity contribution is 7.80. The van der Waals surface area contributed by atoms with Gasteiger partial charge in [0, 0.05) is 0 Å². The number of nitrogens with two attached hydrogens (primary N) is 1. The molecule has 0 aliphatic carbocycles. The van der Waals surface area contributed by atoms with Gasteiger partial charge in [-0.1, -0.05) is 18.2 Å². The first-order chi connectivity index (χ1) is 8.11. The lowest BCUT2D eigenvalue weighted by molar-refractivity contribution is 0.415. The van der Waals surface area contributed by atoms with E-state index in [0.29, 0.717) is 0 Å². The molecule has 0 saturated carbocycles. The highest BCUT2D eigenvalue weighted by atomic mass is 32.1. The van der Waals surface area contributed by atoms with Crippen molar-refractivity contribution in [1.29, 1.82) is 0 Å². The van der Waals surface area contributed by atoms with E-state index < -0.39 is 0 Å². The molecule has 0 saturated heterocycles. The Morgan fingerprint density at radius 3 is 2.59 bits per heavy atom. The average Bonchev–Trinajstić information content (AvgIpc) is 2.34. The summed E-state index contributed by atoms with van der Waals surface area (Å²) in [5.74, 6) is 0.836. The molecule has 0 fully saturated rings. The van der Waals surface area contributed by atoms with Gasteiger partial charge < -0.3 is 10.5 Å². The predicted molar refractivity (Wildman–Crippen MR) is 75.1 cm³/mol. The zero-order chi connectivity index (χ0) is 12.7. The van der Waals surface area contributed by atoms with E-state index >= 15 is 0 Å². The Bertz CT molecular complexity index is 438. The Labute approximate surface area is 106 Å². The van der Waals surface area contributed by atoms with Gasteiger partial charge in [-0.15, -0.1) is 0 Å². The van der Waals surface area contributed by atoms with E-state index in [0.717, 1.165) is 17.0 Å². The number of hydrazone groups is 1. The van der Waals surface area contributed by atoms with Crippen molar-refractivity contribution in [1.82, 2.24) is 5.43 Å². The third kappa shape index (κ3) is 5.12. The highest BCUT2D eigenvalue weighted by Crippen LogP contribution is 2.12. The molecule has 90 valence electrons. The van der Waals surface area contributed by atoms with Gasteiger partial charge in [0.05, 0.1) is 12.8 Å². The molecule has 4 nitrogen and oxygen atoms in total. The summed E-state index contributed by atoms with van der Waals surface area (Å²) in [6.07, 6.45) is 3.81. The fourth-order valence-electron chi connectivity index (χ4n) is 1.11. The third-order valence-electron chi connectivity index (χ3n) is 1.98. The second-order valence-electron chi connectivity index (χ2n) is 3.34. The Morgan fingerprint density at radius 1 is 1.41 bits per heavy atom. The summed E-state index contributed by atoms with van der Waals surface area (Å²) < 4.78 is 5.07. The maximum Gasteiger partial charge on any atom is 0.184 e. The molecule has 0 spiro atoms. The molecule has 0 bridgehead atoms. The molecule has 3 N–H and O–H groups in total. The number of thiocarbonyl (C=S) groups is 1. The van der Waals surface area contributed by atoms with Crippen LogP contribution >= 0.6 is 12.2 Å². The molecule has 0 atom stereocenters. The molecule has 0 aliphatic rings. The minimum Gasteiger partial charge on any atom is -0.497 e. The van der Waals surface area contributed by atoms with Crippen LogP contribution in [0, 0.1) is 0 Å². The van der Waals surface area contributed by atoms with Crippen LogP contribution < -0.4 is 15.9 Å². The van der Waals surface area contributed by atoms with E-state index in [9.17, 15) is 0 Å². The average molecular weight is 249 g/mol. The van der Waals surface area contributed by atoms with Crippen molar-refractivity contribution in [3.8, 4) is 5.75 Å². The SMILES string of the molecule is COc1ccc(/C=C\C(C)=N/NC(N)=S)cc1. The summed E-state index contributed by atoms with van der Waals surface area (Å²) in [5, 5.41) is 4.12. The molecule has 0 unspecified atom stereocenters. The van der Waals surface area contributed by atoms with Crippen LogP contribution in [0.3, 0.4) is 0 Å². The van der Waals surface area contributed by atoms with Crippen molar-refractivity contribution in [2.75, 3.05) is 7.11 Å². The van der Waals surface area contributed by atoms with Gasteiger partial charge in [0.1, 0.15) is 5.75 Å². The lowest BCUT2D eigenvalue weighted by Gasteiger charge is -1.99. The van der Waals surface area contributed by atoms with Crippen molar-refractivity contribution in [2.45, 2.75) is 6.92 Å². The maximum atomic E-state index is 5.26. The Balaban J connectivity index is 2.63. The van der Waals surface area contributed by atoms with E-state index in [-0.39, 0.29) is 5.11 Å². The van der Waals surface area contributed by atoms with Gasteiger partial charge in [0.2, 0.25) is 0 Å². The number of nitrogens with one attached hydrogen (secondary N) is 1. The summed E-state index contributed by atoms with van der Waals surface area (Å²) >= 11 is 4.64. The molecule has 0 radical (unpaired) electrons. The normalized spacial score (nSPS) is 11.5. The van der Waals surface area contributed by atoms with Crippen molar-refractivity contribution < 1.29 is 4.74 Å². The summed E-state index contributed by atoms with van der Waals surface area (Å²) in [6, 6.07) is 7.73. The van der Waals surface area contributed by atoms with Crippen LogP contribution in [-0.2, 0) is 0 Å². The third-order valence-corrected chi connectivity index (χ3v) is 2.07. The fourth-order valence-corrected chi connectivity index (χ4v) is 1.16. The topological polar surface area (TPSA) is 59.6 Å². The van der Waals surface area contributed by atoms with E-state index in [1.807, 2.05) is 43.3 Å². The van der Waals surface area contributed by atoms with Crippen LogP contribution in [0.2, 0.25) is 0 Å². The summed E-state index contributed by atoms with van der Waals surface area (Å²) in [4.78, 5) is 0. The Kier molecular flexibility index (Phi) is 5.16. The standard InChI is InChI=1S/C12H15N3OS/c1-9(14-15-12(13)17)3-4-10-5-7-11(16-2)8-6-10/h3-8H,1-2H3,(H3,13,15,17)/b4-3-,14-9-. The molecule has 1 aromatic rings. The molecule has 5 heteroatoms. The Morgan fingerprint density at radius 2 is 2.06 bits per heavy atom. The molecule has 0 heterocycles. The zero-order valence-corrected chi connectivity index (χ0v) is 10.6. The fraction of sp³-hybridized carbons (Fsp3) is 0.167. The number of benzene rings is 1. The van der Waals surface area contributed by atoms with Gasteiger partial charge in [0.15, 0.2) is 5.11 Å².